The zero-order valence-corrected chi connectivity index (χ0v) is 11.4. The van der Waals surface area contributed by atoms with Gasteiger partial charge >= 0.3 is 0 Å². The van der Waals surface area contributed by atoms with Crippen LogP contribution < -0.4 is 0 Å². The van der Waals surface area contributed by atoms with Gasteiger partial charge in [0.15, 0.2) is 0 Å². The largest absolute Gasteiger partial charge is 0.481 e. The van der Waals surface area contributed by atoms with E-state index in [0.717, 1.165) is 6.92 Å². The Hall–Kier alpha value is 2.16. The fourth-order valence-electron chi connectivity index (χ4n) is 0. The molecule has 0 aromatic carbocycles. The Labute approximate surface area is 108 Å². The van der Waals surface area contributed by atoms with Gasteiger partial charge in [0.25, 0.3) is 5.97 Å². The van der Waals surface area contributed by atoms with Crippen LogP contribution in [0.5, 0.6) is 0 Å². The van der Waals surface area contributed by atoms with Crippen LogP contribution in [0.2, 0.25) is 0 Å². The fraction of sp³-hybridized carbons (Fsp3) is 0.500. The molecule has 7 heavy (non-hydrogen) atoms. The predicted octanol–water partition coefficient (Wildman–Crippen LogP) is -0.734. The van der Waals surface area contributed by atoms with Gasteiger partial charge in [-0.05, 0) is 0 Å². The van der Waals surface area contributed by atoms with Gasteiger partial charge < -0.3 is 10.6 Å². The van der Waals surface area contributed by atoms with Gasteiger partial charge in [0.05, 0.1) is 0 Å². The van der Waals surface area contributed by atoms with E-state index in [1.165, 1.54) is 0 Å². The number of rotatable bonds is 0. The maximum atomic E-state index is 9.00. The zero-order chi connectivity index (χ0) is 3.58. The van der Waals surface area contributed by atoms with Crippen LogP contribution in [-0.4, -0.2) is 16.6 Å². The van der Waals surface area contributed by atoms with Gasteiger partial charge in [-0.25, -0.2) is 0 Å². The summed E-state index contributed by atoms with van der Waals surface area (Å²) in [7, 11) is 0. The molecule has 2 radical (unpaired) electrons. The molecule has 0 bridgehead atoms. The van der Waals surface area contributed by atoms with E-state index in [-0.39, 0.29) is 88.1 Å². The van der Waals surface area contributed by atoms with Crippen LogP contribution in [0.4, 0.5) is 0 Å². The first-order valence-electron chi connectivity index (χ1n) is 0.928. The van der Waals surface area contributed by atoms with Crippen molar-refractivity contribution in [3.05, 3.63) is 0 Å². The second kappa shape index (κ2) is 15.7. The topological polar surface area (TPSA) is 68.8 Å². The Balaban J connectivity index is -0.0000000150. The van der Waals surface area contributed by atoms with Crippen LogP contribution in [0, 0.1) is 82.6 Å². The molecule has 0 atom stereocenters. The van der Waals surface area contributed by atoms with E-state index in [9.17, 15) is 0 Å². The van der Waals surface area contributed by atoms with Crippen LogP contribution in [0.1, 0.15) is 6.92 Å². The van der Waals surface area contributed by atoms with E-state index in [1.807, 2.05) is 0 Å². The van der Waals surface area contributed by atoms with Gasteiger partial charge in [-0.2, -0.15) is 0 Å². The van der Waals surface area contributed by atoms with Gasteiger partial charge in [0.2, 0.25) is 0 Å². The molecule has 0 aromatic rings. The summed E-state index contributed by atoms with van der Waals surface area (Å²) in [6, 6.07) is 0. The Morgan fingerprint density at radius 1 is 1.43 bits per heavy atom. The van der Waals surface area contributed by atoms with E-state index in [4.69, 9.17) is 9.90 Å². The third-order valence-corrected chi connectivity index (χ3v) is 0. The molecule has 38 valence electrons. The minimum Gasteiger partial charge on any atom is -0.481 e. The van der Waals surface area contributed by atoms with Crippen molar-refractivity contribution in [3.63, 3.8) is 0 Å². The number of hydrogen-bond acceptors (Lipinski definition) is 1. The summed E-state index contributed by atoms with van der Waals surface area (Å²) in [5, 5.41) is 7.42. The molecular weight excluding hydrogens is 354 g/mol. The van der Waals surface area contributed by atoms with Crippen molar-refractivity contribution in [2.45, 2.75) is 6.92 Å². The second-order valence-electron chi connectivity index (χ2n) is 0.519. The average molecular weight is 360 g/mol. The van der Waals surface area contributed by atoms with E-state index in [2.05, 4.69) is 0 Å². The summed E-state index contributed by atoms with van der Waals surface area (Å²) in [5.74, 6) is -0.833. The molecule has 0 saturated heterocycles. The van der Waals surface area contributed by atoms with Crippen molar-refractivity contribution < 1.29 is 98.0 Å². The standard InChI is InChI=1S/C2H4O2.H2O.2Pr/c1-2(3)4;;;/h1H3,(H,3,4);1H2;;. The average Bonchev–Trinajstić information content (AvgIpc) is 0.811. The molecule has 0 fully saturated rings. The van der Waals surface area contributed by atoms with Crippen LogP contribution in [-0.2, 0) is 4.79 Å². The molecule has 0 amide bonds. The SMILES string of the molecule is CC(=O)O.O.[Pr].[Pr]. The smallest absolute Gasteiger partial charge is 0.300 e. The van der Waals surface area contributed by atoms with E-state index in [1.54, 1.807) is 0 Å². The molecule has 0 aliphatic carbocycles. The van der Waals surface area contributed by atoms with Gasteiger partial charge in [-0.15, -0.1) is 0 Å². The summed E-state index contributed by atoms with van der Waals surface area (Å²) in [6.07, 6.45) is 0. The maximum absolute atomic E-state index is 9.00. The van der Waals surface area contributed by atoms with Gasteiger partial charge in [0, 0.05) is 89.5 Å². The quantitative estimate of drug-likeness (QED) is 0.619. The molecule has 0 aromatic heterocycles. The molecule has 5 heteroatoms. The van der Waals surface area contributed by atoms with Crippen molar-refractivity contribution in [1.29, 1.82) is 0 Å². The van der Waals surface area contributed by atoms with Crippen LogP contribution in [0.15, 0.2) is 0 Å². The predicted molar refractivity (Wildman–Crippen MR) is 16.9 cm³/mol. The van der Waals surface area contributed by atoms with Gasteiger partial charge in [0.1, 0.15) is 0 Å². The fourth-order valence-corrected chi connectivity index (χ4v) is 0. The van der Waals surface area contributed by atoms with Crippen molar-refractivity contribution in [2.75, 3.05) is 0 Å². The Bertz CT molecular complexity index is 33.9. The third-order valence-electron chi connectivity index (χ3n) is 0. The number of carboxylic acids is 1. The molecule has 3 N–H and O–H groups in total. The van der Waals surface area contributed by atoms with E-state index in [0.29, 0.717) is 0 Å². The second-order valence-corrected chi connectivity index (χ2v) is 0.519. The number of carboxylic acid groups (broad SMARTS) is 1. The first-order chi connectivity index (χ1) is 1.73. The first kappa shape index (κ1) is 22.9. The van der Waals surface area contributed by atoms with Crippen LogP contribution >= 0.6 is 0 Å². The molecule has 0 rings (SSSR count). The first-order valence-corrected chi connectivity index (χ1v) is 0.928. The Kier molecular flexibility index (Phi) is 51.4. The summed E-state index contributed by atoms with van der Waals surface area (Å²) >= 11 is 0. The normalized spacial score (nSPS) is 3.57. The number of carbonyl (C=O) groups is 1. The minimum absolute atomic E-state index is 0. The summed E-state index contributed by atoms with van der Waals surface area (Å²) in [6.45, 7) is 1.08. The van der Waals surface area contributed by atoms with Crippen molar-refractivity contribution in [3.8, 4) is 0 Å². The minimum atomic E-state index is -0.833. The van der Waals surface area contributed by atoms with Crippen LogP contribution in [0.25, 0.3) is 0 Å². The summed E-state index contributed by atoms with van der Waals surface area (Å²) in [5.41, 5.74) is 0. The molecule has 0 heterocycles. The molecule has 0 unspecified atom stereocenters. The van der Waals surface area contributed by atoms with E-state index < -0.39 is 5.97 Å². The van der Waals surface area contributed by atoms with Crippen molar-refractivity contribution in [1.82, 2.24) is 0 Å². The summed E-state index contributed by atoms with van der Waals surface area (Å²) in [4.78, 5) is 9.00. The van der Waals surface area contributed by atoms with Crippen LogP contribution in [0.3, 0.4) is 0 Å². The maximum Gasteiger partial charge on any atom is 0.300 e. The molecule has 0 aliphatic rings. The molecule has 0 aliphatic heterocycles. The van der Waals surface area contributed by atoms with Gasteiger partial charge in [-0.1, -0.05) is 0 Å². The third kappa shape index (κ3) is 66.5. The van der Waals surface area contributed by atoms with Gasteiger partial charge in [-0.3, -0.25) is 4.79 Å². The molecule has 0 spiro atoms. The molecule has 3 nitrogen and oxygen atoms in total. The Morgan fingerprint density at radius 2 is 1.43 bits per heavy atom. The zero-order valence-electron chi connectivity index (χ0n) is 4.01. The molecular formula is C2H6O3Pr2. The van der Waals surface area contributed by atoms with Crippen molar-refractivity contribution in [2.24, 2.45) is 0 Å². The Morgan fingerprint density at radius 3 is 1.43 bits per heavy atom. The van der Waals surface area contributed by atoms with Crippen molar-refractivity contribution >= 4 is 5.97 Å². The molecule has 0 saturated carbocycles. The monoisotopic (exact) mass is 360 g/mol. The number of aliphatic carboxylic acids is 1. The summed E-state index contributed by atoms with van der Waals surface area (Å²) < 4.78 is 0. The van der Waals surface area contributed by atoms with E-state index >= 15 is 0 Å². The number of hydrogen-bond donors (Lipinski definition) is 1.